The lowest BCUT2D eigenvalue weighted by Crippen LogP contribution is -3.00. The van der Waals surface area contributed by atoms with Crippen molar-refractivity contribution < 1.29 is 26.7 Å². The van der Waals surface area contributed by atoms with Crippen LogP contribution in [0, 0.1) is 0 Å². The van der Waals surface area contributed by atoms with Gasteiger partial charge in [0.1, 0.15) is 6.54 Å². The Kier molecular flexibility index (Phi) is 17.5. The Hall–Kier alpha value is 0.170. The second-order valence-electron chi connectivity index (χ2n) is 5.58. The van der Waals surface area contributed by atoms with Crippen molar-refractivity contribution in [1.29, 1.82) is 0 Å². The number of ether oxygens (including phenoxy) is 1. The van der Waals surface area contributed by atoms with Crippen molar-refractivity contribution in [3.8, 4) is 0 Å². The monoisotopic (exact) mass is 309 g/mol. The van der Waals surface area contributed by atoms with E-state index in [0.717, 1.165) is 37.5 Å². The lowest BCUT2D eigenvalue weighted by molar-refractivity contribution is -0.943. The molecule has 0 rings (SSSR count). The Bertz CT molecular complexity index is 187. The fourth-order valence-electron chi connectivity index (χ4n) is 2.42. The van der Waals surface area contributed by atoms with E-state index < -0.39 is 0 Å². The third-order valence-corrected chi connectivity index (χ3v) is 4.17. The average Bonchev–Trinajstić information content (AvgIpc) is 2.44. The summed E-state index contributed by atoms with van der Waals surface area (Å²) in [6, 6.07) is 0. The zero-order valence-corrected chi connectivity index (χ0v) is 14.6. The molecule has 4 heteroatoms. The van der Waals surface area contributed by atoms with Gasteiger partial charge < -0.3 is 22.3 Å². The molecule has 0 atom stereocenters. The number of hydrogen-bond donors (Lipinski definition) is 1. The van der Waals surface area contributed by atoms with E-state index in [-0.39, 0.29) is 19.0 Å². The minimum Gasteiger partial charge on any atom is -1.00 e. The Morgan fingerprint density at radius 1 is 0.850 bits per heavy atom. The number of hydrogen-bond acceptors (Lipinski definition) is 2. The standard InChI is InChI=1S/C16H36NO2.ClH/c1-4-7-8-9-10-11-12-15-19-16-17(5-2,6-3)13-14-18;/h18H,4-16H2,1-3H3;1H/q+1;/p-1. The molecule has 0 unspecified atom stereocenters. The summed E-state index contributed by atoms with van der Waals surface area (Å²) >= 11 is 0. The quantitative estimate of drug-likeness (QED) is 0.289. The van der Waals surface area contributed by atoms with Gasteiger partial charge in [0, 0.05) is 0 Å². The molecule has 0 aliphatic rings. The number of quaternary nitrogens is 1. The first-order valence-electron chi connectivity index (χ1n) is 8.28. The highest BCUT2D eigenvalue weighted by molar-refractivity contribution is 4.44. The molecule has 0 heterocycles. The molecule has 0 radical (unpaired) electrons. The molecule has 3 nitrogen and oxygen atoms in total. The highest BCUT2D eigenvalue weighted by Gasteiger charge is 2.22. The molecule has 124 valence electrons. The Morgan fingerprint density at radius 3 is 1.90 bits per heavy atom. The summed E-state index contributed by atoms with van der Waals surface area (Å²) in [7, 11) is 0. The maximum absolute atomic E-state index is 9.14. The van der Waals surface area contributed by atoms with E-state index in [2.05, 4.69) is 20.8 Å². The highest BCUT2D eigenvalue weighted by Crippen LogP contribution is 2.09. The van der Waals surface area contributed by atoms with Crippen molar-refractivity contribution in [3.05, 3.63) is 0 Å². The highest BCUT2D eigenvalue weighted by atomic mass is 35.5. The van der Waals surface area contributed by atoms with Gasteiger partial charge in [0.2, 0.25) is 0 Å². The van der Waals surface area contributed by atoms with Crippen LogP contribution in [-0.4, -0.2) is 49.2 Å². The molecule has 0 saturated heterocycles. The van der Waals surface area contributed by atoms with E-state index in [0.29, 0.717) is 0 Å². The molecule has 0 bridgehead atoms. The number of unbranched alkanes of at least 4 members (excludes halogenated alkanes) is 6. The fraction of sp³-hybridized carbons (Fsp3) is 1.00. The summed E-state index contributed by atoms with van der Waals surface area (Å²) in [4.78, 5) is 0. The molecule has 0 fully saturated rings. The zero-order chi connectivity index (χ0) is 14.4. The second kappa shape index (κ2) is 15.6. The molecule has 0 aromatic carbocycles. The van der Waals surface area contributed by atoms with Crippen LogP contribution in [0.25, 0.3) is 0 Å². The van der Waals surface area contributed by atoms with E-state index in [4.69, 9.17) is 9.84 Å². The molecular formula is C16H36ClNO2. The van der Waals surface area contributed by atoms with Gasteiger partial charge in [0.15, 0.2) is 6.73 Å². The number of aliphatic hydroxyl groups excluding tert-OH is 1. The van der Waals surface area contributed by atoms with E-state index in [9.17, 15) is 0 Å². The Morgan fingerprint density at radius 2 is 1.40 bits per heavy atom. The van der Waals surface area contributed by atoms with E-state index in [1.165, 1.54) is 44.9 Å². The number of rotatable bonds is 14. The van der Waals surface area contributed by atoms with Crippen LogP contribution < -0.4 is 12.4 Å². The summed E-state index contributed by atoms with van der Waals surface area (Å²) < 4.78 is 6.70. The average molecular weight is 310 g/mol. The first-order valence-corrected chi connectivity index (χ1v) is 8.28. The third kappa shape index (κ3) is 10.9. The van der Waals surface area contributed by atoms with Gasteiger partial charge in [-0.2, -0.15) is 0 Å². The SMILES string of the molecule is CCCCCCCCCOC[N+](CC)(CC)CCO.[Cl-]. The van der Waals surface area contributed by atoms with Gasteiger partial charge in [0.05, 0.1) is 26.3 Å². The van der Waals surface area contributed by atoms with Crippen molar-refractivity contribution in [1.82, 2.24) is 0 Å². The molecule has 0 aromatic heterocycles. The normalized spacial score (nSPS) is 11.4. The summed E-state index contributed by atoms with van der Waals surface area (Å²) in [5.74, 6) is 0. The summed E-state index contributed by atoms with van der Waals surface area (Å²) in [5.41, 5.74) is 0. The Balaban J connectivity index is 0. The molecule has 0 aromatic rings. The van der Waals surface area contributed by atoms with E-state index >= 15 is 0 Å². The van der Waals surface area contributed by atoms with Gasteiger partial charge in [-0.3, -0.25) is 4.48 Å². The second-order valence-corrected chi connectivity index (χ2v) is 5.58. The molecule has 0 amide bonds. The molecule has 1 N–H and O–H groups in total. The zero-order valence-electron chi connectivity index (χ0n) is 13.9. The summed E-state index contributed by atoms with van der Waals surface area (Å²) in [6.45, 7) is 11.4. The van der Waals surface area contributed by atoms with Gasteiger partial charge in [-0.1, -0.05) is 45.4 Å². The van der Waals surface area contributed by atoms with Crippen LogP contribution in [0.1, 0.15) is 65.7 Å². The van der Waals surface area contributed by atoms with Crippen LogP contribution >= 0.6 is 0 Å². The predicted molar refractivity (Wildman–Crippen MR) is 82.1 cm³/mol. The first kappa shape index (κ1) is 22.5. The van der Waals surface area contributed by atoms with Crippen molar-refractivity contribution in [2.75, 3.05) is 39.6 Å². The van der Waals surface area contributed by atoms with Crippen molar-refractivity contribution in [3.63, 3.8) is 0 Å². The lowest BCUT2D eigenvalue weighted by Gasteiger charge is -2.35. The van der Waals surface area contributed by atoms with Crippen molar-refractivity contribution >= 4 is 0 Å². The first-order chi connectivity index (χ1) is 9.24. The van der Waals surface area contributed by atoms with E-state index in [1.807, 2.05) is 0 Å². The molecule has 0 aliphatic heterocycles. The molecule has 20 heavy (non-hydrogen) atoms. The third-order valence-electron chi connectivity index (χ3n) is 4.17. The van der Waals surface area contributed by atoms with Crippen LogP contribution in [0.2, 0.25) is 0 Å². The minimum absolute atomic E-state index is 0. The summed E-state index contributed by atoms with van der Waals surface area (Å²) in [5, 5.41) is 9.14. The fourth-order valence-corrected chi connectivity index (χ4v) is 2.42. The van der Waals surface area contributed by atoms with Crippen LogP contribution in [0.4, 0.5) is 0 Å². The minimum atomic E-state index is 0. The van der Waals surface area contributed by atoms with Crippen LogP contribution in [-0.2, 0) is 4.74 Å². The van der Waals surface area contributed by atoms with Crippen LogP contribution in [0.15, 0.2) is 0 Å². The lowest BCUT2D eigenvalue weighted by atomic mass is 10.1. The largest absolute Gasteiger partial charge is 1.00 e. The molecule has 0 spiro atoms. The maximum atomic E-state index is 9.14. The maximum Gasteiger partial charge on any atom is 0.183 e. The molecule has 0 saturated carbocycles. The smallest absolute Gasteiger partial charge is 0.183 e. The molecule has 0 aliphatic carbocycles. The summed E-state index contributed by atoms with van der Waals surface area (Å²) in [6.07, 6.45) is 9.29. The van der Waals surface area contributed by atoms with Gasteiger partial charge >= 0.3 is 0 Å². The van der Waals surface area contributed by atoms with Crippen LogP contribution in [0.5, 0.6) is 0 Å². The number of likely N-dealkylation sites (N-methyl/N-ethyl adjacent to an activating group) is 1. The molecular weight excluding hydrogens is 274 g/mol. The van der Waals surface area contributed by atoms with Gasteiger partial charge in [-0.15, -0.1) is 0 Å². The van der Waals surface area contributed by atoms with E-state index in [1.54, 1.807) is 0 Å². The van der Waals surface area contributed by atoms with Gasteiger partial charge in [-0.05, 0) is 20.3 Å². The Labute approximate surface area is 132 Å². The topological polar surface area (TPSA) is 29.5 Å². The van der Waals surface area contributed by atoms with Gasteiger partial charge in [0.25, 0.3) is 0 Å². The van der Waals surface area contributed by atoms with Crippen molar-refractivity contribution in [2.24, 2.45) is 0 Å². The predicted octanol–water partition coefficient (Wildman–Crippen LogP) is 0.564. The van der Waals surface area contributed by atoms with Gasteiger partial charge in [-0.25, -0.2) is 0 Å². The van der Waals surface area contributed by atoms with Crippen LogP contribution in [0.3, 0.4) is 0 Å². The van der Waals surface area contributed by atoms with Crippen molar-refractivity contribution in [2.45, 2.75) is 65.7 Å². The number of aliphatic hydroxyl groups is 1. The number of halogens is 1. The number of nitrogens with zero attached hydrogens (tertiary/aromatic N) is 1.